The first kappa shape index (κ1) is 17.7. The average Bonchev–Trinajstić information content (AvgIpc) is 2.18. The van der Waals surface area contributed by atoms with Crippen LogP contribution in [-0.4, -0.2) is 17.0 Å². The number of carbonyl (C=O) groups excluding carboxylic acids is 1. The van der Waals surface area contributed by atoms with Crippen molar-refractivity contribution in [1.29, 1.82) is 0 Å². The minimum Gasteiger partial charge on any atom is -0.488 e. The molecule has 3 heteroatoms. The number of ketones is 1. The van der Waals surface area contributed by atoms with Gasteiger partial charge in [-0.25, -0.2) is 0 Å². The smallest absolute Gasteiger partial charge is 0.172 e. The Hall–Kier alpha value is -1.69. The number of ether oxygens (including phenoxy) is 2. The average molecular weight is 238 g/mol. The quantitative estimate of drug-likeness (QED) is 0.545. The lowest BCUT2D eigenvalue weighted by molar-refractivity contribution is -0.132. The first-order valence-corrected chi connectivity index (χ1v) is 5.19. The molecule has 0 spiro atoms. The summed E-state index contributed by atoms with van der Waals surface area (Å²) in [5.41, 5.74) is -1.20. The lowest BCUT2D eigenvalue weighted by Crippen LogP contribution is -2.30. The molecule has 0 rings (SSSR count). The van der Waals surface area contributed by atoms with Gasteiger partial charge in [0.05, 0.1) is 12.5 Å². The molecule has 0 unspecified atom stereocenters. The van der Waals surface area contributed by atoms with E-state index >= 15 is 0 Å². The van der Waals surface area contributed by atoms with Crippen LogP contribution in [0.25, 0.3) is 0 Å². The van der Waals surface area contributed by atoms with E-state index in [1.54, 1.807) is 27.7 Å². The molecule has 0 amide bonds. The lowest BCUT2D eigenvalue weighted by atomic mass is 10.1. The molecule has 17 heavy (non-hydrogen) atoms. The van der Waals surface area contributed by atoms with E-state index in [0.29, 0.717) is 0 Å². The molecule has 0 aliphatic heterocycles. The second-order valence-electron chi connectivity index (χ2n) is 4.29. The monoisotopic (exact) mass is 238 g/mol. The van der Waals surface area contributed by atoms with Crippen molar-refractivity contribution in [2.45, 2.75) is 45.8 Å². The van der Waals surface area contributed by atoms with Crippen molar-refractivity contribution in [3.63, 3.8) is 0 Å². The van der Waals surface area contributed by atoms with E-state index in [4.69, 9.17) is 15.9 Å². The third kappa shape index (κ3) is 9.25. The highest BCUT2D eigenvalue weighted by Gasteiger charge is 2.23. The molecular formula is C14H22O3. The van der Waals surface area contributed by atoms with Crippen LogP contribution >= 0.6 is 0 Å². The van der Waals surface area contributed by atoms with E-state index in [2.05, 4.69) is 19.1 Å². The minimum atomic E-state index is -0.707. The normalized spacial score (nSPS) is 10.1. The first-order chi connectivity index (χ1) is 7.63. The Bertz CT molecular complexity index is 306. The maximum absolute atomic E-state index is 10.7. The van der Waals surface area contributed by atoms with Crippen molar-refractivity contribution < 1.29 is 14.3 Å². The Morgan fingerprint density at radius 2 is 1.59 bits per heavy atom. The first-order valence-electron chi connectivity index (χ1n) is 5.19. The molecule has 0 saturated carbocycles. The Kier molecular flexibility index (Phi) is 7.87. The molecule has 0 saturated heterocycles. The molecule has 0 aromatic rings. The van der Waals surface area contributed by atoms with E-state index in [-0.39, 0.29) is 5.78 Å². The third-order valence-corrected chi connectivity index (χ3v) is 1.95. The summed E-state index contributed by atoms with van der Waals surface area (Å²) in [5, 5.41) is 0. The van der Waals surface area contributed by atoms with Gasteiger partial charge in [0.1, 0.15) is 0 Å². The van der Waals surface area contributed by atoms with E-state index < -0.39 is 11.2 Å². The summed E-state index contributed by atoms with van der Waals surface area (Å²) in [6.45, 7) is 15.2. The number of hydrogen-bond donors (Lipinski definition) is 0. The largest absolute Gasteiger partial charge is 0.488 e. The summed E-state index contributed by atoms with van der Waals surface area (Å²) in [6, 6.07) is 0. The van der Waals surface area contributed by atoms with E-state index in [1.807, 2.05) is 0 Å². The van der Waals surface area contributed by atoms with Crippen LogP contribution in [0.5, 0.6) is 0 Å². The van der Waals surface area contributed by atoms with E-state index in [0.717, 1.165) is 0 Å². The second-order valence-corrected chi connectivity index (χ2v) is 4.29. The van der Waals surface area contributed by atoms with Crippen molar-refractivity contribution in [3.8, 4) is 12.3 Å². The Balaban J connectivity index is 0. The van der Waals surface area contributed by atoms with Crippen LogP contribution in [0.1, 0.15) is 34.6 Å². The van der Waals surface area contributed by atoms with Gasteiger partial charge in [-0.1, -0.05) is 19.1 Å². The molecule has 0 aromatic heterocycles. The fourth-order valence-corrected chi connectivity index (χ4v) is 0.534. The van der Waals surface area contributed by atoms with Crippen LogP contribution in [0, 0.1) is 12.3 Å². The van der Waals surface area contributed by atoms with Crippen LogP contribution in [0.4, 0.5) is 0 Å². The van der Waals surface area contributed by atoms with Gasteiger partial charge < -0.3 is 9.47 Å². The summed E-state index contributed by atoms with van der Waals surface area (Å²) < 4.78 is 9.81. The zero-order chi connectivity index (χ0) is 14.1. The maximum Gasteiger partial charge on any atom is 0.172 e. The molecule has 0 aromatic carbocycles. The number of Topliss-reactive ketones (excluding diaryl/α,β-unsaturated/α-hetero) is 1. The molecule has 0 bridgehead atoms. The maximum atomic E-state index is 10.7. The number of terminal acetylenes is 1. The van der Waals surface area contributed by atoms with Gasteiger partial charge in [0.15, 0.2) is 17.0 Å². The zero-order valence-corrected chi connectivity index (χ0v) is 11.4. The van der Waals surface area contributed by atoms with Crippen LogP contribution in [-0.2, 0) is 14.3 Å². The molecule has 0 radical (unpaired) electrons. The van der Waals surface area contributed by atoms with E-state index in [9.17, 15) is 4.79 Å². The molecule has 0 N–H and O–H groups in total. The van der Waals surface area contributed by atoms with Gasteiger partial charge >= 0.3 is 0 Å². The number of hydrogen-bond acceptors (Lipinski definition) is 3. The topological polar surface area (TPSA) is 35.5 Å². The zero-order valence-electron chi connectivity index (χ0n) is 11.4. The predicted molar refractivity (Wildman–Crippen MR) is 70.2 cm³/mol. The number of rotatable bonds is 5. The highest BCUT2D eigenvalue weighted by molar-refractivity contribution is 5.84. The second kappa shape index (κ2) is 7.56. The molecule has 0 aliphatic rings. The Morgan fingerprint density at radius 1 is 1.18 bits per heavy atom. The van der Waals surface area contributed by atoms with Crippen LogP contribution in [0.15, 0.2) is 25.7 Å². The summed E-state index contributed by atoms with van der Waals surface area (Å²) in [6.07, 6.45) is 7.70. The van der Waals surface area contributed by atoms with Gasteiger partial charge in [-0.2, -0.15) is 0 Å². The van der Waals surface area contributed by atoms with Crippen LogP contribution in [0.3, 0.4) is 0 Å². The molecule has 0 atom stereocenters. The molecule has 0 aliphatic carbocycles. The summed E-state index contributed by atoms with van der Waals surface area (Å²) >= 11 is 0. The van der Waals surface area contributed by atoms with Crippen molar-refractivity contribution in [2.24, 2.45) is 0 Å². The lowest BCUT2D eigenvalue weighted by Gasteiger charge is -2.19. The highest BCUT2D eigenvalue weighted by Crippen LogP contribution is 2.09. The van der Waals surface area contributed by atoms with Crippen LogP contribution < -0.4 is 0 Å². The van der Waals surface area contributed by atoms with Gasteiger partial charge in [-0.15, -0.1) is 6.42 Å². The number of carbonyl (C=O) groups is 1. The van der Waals surface area contributed by atoms with Gasteiger partial charge in [-0.3, -0.25) is 4.79 Å². The fourth-order valence-electron chi connectivity index (χ4n) is 0.534. The van der Waals surface area contributed by atoms with Gasteiger partial charge in [-0.05, 0) is 34.6 Å². The Labute approximate surface area is 104 Å². The predicted octanol–water partition coefficient (Wildman–Crippen LogP) is 3.07. The van der Waals surface area contributed by atoms with Gasteiger partial charge in [0.2, 0.25) is 0 Å². The molecule has 3 nitrogen and oxygen atoms in total. The van der Waals surface area contributed by atoms with Crippen molar-refractivity contribution in [1.82, 2.24) is 0 Å². The van der Waals surface area contributed by atoms with Crippen molar-refractivity contribution in [2.75, 3.05) is 0 Å². The fraction of sp³-hybridized carbons (Fsp3) is 0.500. The third-order valence-electron chi connectivity index (χ3n) is 1.95. The van der Waals surface area contributed by atoms with Gasteiger partial charge in [0, 0.05) is 0 Å². The van der Waals surface area contributed by atoms with Gasteiger partial charge in [0.25, 0.3) is 0 Å². The standard InChI is InChI=1S/C7H12O2.C7H10O/c1-5-9-7(3,4)6(2)8;1-5-7(3,4)8-6-2/h5H,1H2,2-4H3;1,6H,2H2,3-4H3. The highest BCUT2D eigenvalue weighted by atomic mass is 16.5. The van der Waals surface area contributed by atoms with Crippen molar-refractivity contribution in [3.05, 3.63) is 25.7 Å². The summed E-state index contributed by atoms with van der Waals surface area (Å²) in [5.74, 6) is 2.45. The SMILES string of the molecule is C#CC(C)(C)OC=C.C=COC(C)(C)C(C)=O. The molecule has 0 heterocycles. The summed E-state index contributed by atoms with van der Waals surface area (Å²) in [4.78, 5) is 10.7. The minimum absolute atomic E-state index is 0.00222. The van der Waals surface area contributed by atoms with Crippen molar-refractivity contribution >= 4 is 5.78 Å². The Morgan fingerprint density at radius 3 is 1.71 bits per heavy atom. The summed E-state index contributed by atoms with van der Waals surface area (Å²) in [7, 11) is 0. The molecule has 96 valence electrons. The van der Waals surface area contributed by atoms with Crippen LogP contribution in [0.2, 0.25) is 0 Å². The molecular weight excluding hydrogens is 216 g/mol. The molecule has 0 fully saturated rings. The van der Waals surface area contributed by atoms with E-state index in [1.165, 1.54) is 19.4 Å².